The predicted octanol–water partition coefficient (Wildman–Crippen LogP) is 9.36. The minimum absolute atomic E-state index is 0.582. The highest BCUT2D eigenvalue weighted by Gasteiger charge is 2.18. The second kappa shape index (κ2) is 8.85. The van der Waals surface area contributed by atoms with Gasteiger partial charge in [-0.05, 0) is 47.2 Å². The molecule has 0 saturated carbocycles. The van der Waals surface area contributed by atoms with E-state index >= 15 is 0 Å². The van der Waals surface area contributed by atoms with Crippen LogP contribution in [0.25, 0.3) is 83.2 Å². The van der Waals surface area contributed by atoms with Crippen molar-refractivity contribution in [2.24, 2.45) is 0 Å². The van der Waals surface area contributed by atoms with Crippen LogP contribution in [-0.4, -0.2) is 19.5 Å². The average molecular weight is 539 g/mol. The summed E-state index contributed by atoms with van der Waals surface area (Å²) in [5.74, 6) is 1.82. The summed E-state index contributed by atoms with van der Waals surface area (Å²) in [6, 6.07) is 45.7. The molecule has 0 fully saturated rings. The van der Waals surface area contributed by atoms with E-state index in [1.54, 1.807) is 0 Å². The molecule has 0 spiro atoms. The molecule has 9 rings (SSSR count). The van der Waals surface area contributed by atoms with Crippen LogP contribution >= 0.6 is 0 Å². The molecule has 0 unspecified atom stereocenters. The molecule has 0 amide bonds. The van der Waals surface area contributed by atoms with Gasteiger partial charge in [-0.15, -0.1) is 0 Å². The average Bonchev–Trinajstić information content (AvgIpc) is 3.61. The van der Waals surface area contributed by atoms with Gasteiger partial charge in [0.25, 0.3) is 0 Å². The van der Waals surface area contributed by atoms with Gasteiger partial charge in [-0.3, -0.25) is 4.57 Å². The molecule has 3 heterocycles. The number of nitrogens with zero attached hydrogens (tertiary/aromatic N) is 4. The Morgan fingerprint density at radius 1 is 0.452 bits per heavy atom. The SMILES string of the molecule is c1ccc(-c2nc(-c3ccc4oc5ccc6ccccc6c5c4c3)nc(-n3c4ccccc4c4ccccc43)n2)cc1. The predicted molar refractivity (Wildman–Crippen MR) is 170 cm³/mol. The molecule has 0 aliphatic rings. The number of furan rings is 1. The highest BCUT2D eigenvalue weighted by molar-refractivity contribution is 6.19. The van der Waals surface area contributed by atoms with Gasteiger partial charge in [0, 0.05) is 32.7 Å². The van der Waals surface area contributed by atoms with E-state index in [9.17, 15) is 0 Å². The van der Waals surface area contributed by atoms with Crippen molar-refractivity contribution in [3.05, 3.63) is 133 Å². The van der Waals surface area contributed by atoms with E-state index in [1.165, 1.54) is 5.39 Å². The fourth-order valence-electron chi connectivity index (χ4n) is 6.13. The Balaban J connectivity index is 1.34. The molecule has 5 heteroatoms. The third kappa shape index (κ3) is 3.40. The van der Waals surface area contributed by atoms with E-state index in [2.05, 4.69) is 89.5 Å². The van der Waals surface area contributed by atoms with Crippen molar-refractivity contribution in [3.63, 3.8) is 0 Å². The maximum absolute atomic E-state index is 6.27. The van der Waals surface area contributed by atoms with E-state index in [0.717, 1.165) is 60.3 Å². The van der Waals surface area contributed by atoms with E-state index in [0.29, 0.717) is 17.6 Å². The Hall–Kier alpha value is -5.81. The summed E-state index contributed by atoms with van der Waals surface area (Å²) < 4.78 is 8.41. The number of aromatic nitrogens is 4. The quantitative estimate of drug-likeness (QED) is 0.225. The van der Waals surface area contributed by atoms with Gasteiger partial charge in [0.05, 0.1) is 11.0 Å². The molecular weight excluding hydrogens is 516 g/mol. The smallest absolute Gasteiger partial charge is 0.238 e. The summed E-state index contributed by atoms with van der Waals surface area (Å²) >= 11 is 0. The van der Waals surface area contributed by atoms with Gasteiger partial charge in [-0.25, -0.2) is 4.98 Å². The van der Waals surface area contributed by atoms with Crippen molar-refractivity contribution in [3.8, 4) is 28.7 Å². The van der Waals surface area contributed by atoms with E-state index in [-0.39, 0.29) is 0 Å². The first-order valence-corrected chi connectivity index (χ1v) is 14.0. The first-order chi connectivity index (χ1) is 20.8. The van der Waals surface area contributed by atoms with Crippen molar-refractivity contribution >= 4 is 54.5 Å². The molecule has 0 aliphatic carbocycles. The van der Waals surface area contributed by atoms with E-state index in [1.807, 2.05) is 48.5 Å². The van der Waals surface area contributed by atoms with Crippen LogP contribution in [0.2, 0.25) is 0 Å². The third-order valence-corrected chi connectivity index (χ3v) is 8.05. The largest absolute Gasteiger partial charge is 0.456 e. The minimum atomic E-state index is 0.582. The number of rotatable bonds is 3. The van der Waals surface area contributed by atoms with Crippen LogP contribution in [0.3, 0.4) is 0 Å². The number of benzene rings is 6. The summed E-state index contributed by atoms with van der Waals surface area (Å²) in [6.45, 7) is 0. The lowest BCUT2D eigenvalue weighted by molar-refractivity contribution is 0.669. The molecule has 0 bridgehead atoms. The van der Waals surface area contributed by atoms with Gasteiger partial charge in [0.2, 0.25) is 5.95 Å². The molecule has 0 atom stereocenters. The molecule has 3 aromatic heterocycles. The number of hydrogen-bond acceptors (Lipinski definition) is 4. The Morgan fingerprint density at radius 3 is 1.83 bits per heavy atom. The van der Waals surface area contributed by atoms with Crippen LogP contribution in [0.5, 0.6) is 0 Å². The lowest BCUT2D eigenvalue weighted by Gasteiger charge is -2.11. The van der Waals surface area contributed by atoms with Gasteiger partial charge < -0.3 is 4.42 Å². The molecule has 0 radical (unpaired) electrons. The van der Waals surface area contributed by atoms with E-state index in [4.69, 9.17) is 19.4 Å². The first-order valence-electron chi connectivity index (χ1n) is 14.0. The van der Waals surface area contributed by atoms with Crippen molar-refractivity contribution in [2.75, 3.05) is 0 Å². The normalized spacial score (nSPS) is 11.8. The molecule has 42 heavy (non-hydrogen) atoms. The molecule has 6 aromatic carbocycles. The Kier molecular flexibility index (Phi) is 4.83. The second-order valence-electron chi connectivity index (χ2n) is 10.5. The summed E-state index contributed by atoms with van der Waals surface area (Å²) in [7, 11) is 0. The number of fused-ring (bicyclic) bond motifs is 8. The fraction of sp³-hybridized carbons (Fsp3) is 0. The maximum Gasteiger partial charge on any atom is 0.238 e. The van der Waals surface area contributed by atoms with Crippen molar-refractivity contribution in [1.29, 1.82) is 0 Å². The zero-order valence-corrected chi connectivity index (χ0v) is 22.4. The van der Waals surface area contributed by atoms with Crippen molar-refractivity contribution in [2.45, 2.75) is 0 Å². The molecule has 0 N–H and O–H groups in total. The molecule has 0 saturated heterocycles. The Bertz CT molecular complexity index is 2420. The highest BCUT2D eigenvalue weighted by atomic mass is 16.3. The van der Waals surface area contributed by atoms with Crippen LogP contribution < -0.4 is 0 Å². The van der Waals surface area contributed by atoms with Crippen molar-refractivity contribution in [1.82, 2.24) is 19.5 Å². The lowest BCUT2D eigenvalue weighted by Crippen LogP contribution is -2.06. The summed E-state index contributed by atoms with van der Waals surface area (Å²) in [5, 5.41) is 6.81. The van der Waals surface area contributed by atoms with Gasteiger partial charge in [0.1, 0.15) is 11.2 Å². The van der Waals surface area contributed by atoms with Crippen LogP contribution in [0, 0.1) is 0 Å². The van der Waals surface area contributed by atoms with Gasteiger partial charge in [-0.1, -0.05) is 97.1 Å². The number of para-hydroxylation sites is 2. The molecule has 5 nitrogen and oxygen atoms in total. The summed E-state index contributed by atoms with van der Waals surface area (Å²) in [4.78, 5) is 15.2. The zero-order valence-electron chi connectivity index (χ0n) is 22.4. The lowest BCUT2D eigenvalue weighted by atomic mass is 10.0. The third-order valence-electron chi connectivity index (χ3n) is 8.05. The summed E-state index contributed by atoms with van der Waals surface area (Å²) in [5.41, 5.74) is 5.65. The van der Waals surface area contributed by atoms with Crippen LogP contribution in [0.4, 0.5) is 0 Å². The molecular formula is C37H22N4O. The Morgan fingerprint density at radius 2 is 1.07 bits per heavy atom. The minimum Gasteiger partial charge on any atom is -0.456 e. The molecule has 0 aliphatic heterocycles. The Labute approximate surface area is 240 Å². The van der Waals surface area contributed by atoms with Crippen LogP contribution in [0.1, 0.15) is 0 Å². The van der Waals surface area contributed by atoms with Crippen LogP contribution in [0.15, 0.2) is 138 Å². The monoisotopic (exact) mass is 538 g/mol. The van der Waals surface area contributed by atoms with Gasteiger partial charge >= 0.3 is 0 Å². The molecule has 9 aromatic rings. The maximum atomic E-state index is 6.27. The van der Waals surface area contributed by atoms with Crippen molar-refractivity contribution < 1.29 is 4.42 Å². The van der Waals surface area contributed by atoms with Crippen LogP contribution in [-0.2, 0) is 0 Å². The van der Waals surface area contributed by atoms with Gasteiger partial charge in [0.15, 0.2) is 11.6 Å². The molecule has 196 valence electrons. The van der Waals surface area contributed by atoms with Gasteiger partial charge in [-0.2, -0.15) is 9.97 Å². The second-order valence-corrected chi connectivity index (χ2v) is 10.5. The standard InChI is InChI=1S/C37H22N4O/c1-2-11-24(12-3-1)35-38-36(40-37(39-35)41-30-16-8-6-14-27(30)28-15-7-9-17-31(28)41)25-19-20-32-29(22-25)34-26-13-5-4-10-23(26)18-21-33(34)42-32/h1-22H. The highest BCUT2D eigenvalue weighted by Crippen LogP contribution is 2.37. The fourth-order valence-corrected chi connectivity index (χ4v) is 6.13. The first kappa shape index (κ1) is 22.9. The zero-order chi connectivity index (χ0) is 27.6. The van der Waals surface area contributed by atoms with E-state index < -0.39 is 0 Å². The topological polar surface area (TPSA) is 56.7 Å². The summed E-state index contributed by atoms with van der Waals surface area (Å²) in [6.07, 6.45) is 0. The number of hydrogen-bond donors (Lipinski definition) is 0.